The summed E-state index contributed by atoms with van der Waals surface area (Å²) in [7, 11) is 0. The van der Waals surface area contributed by atoms with Crippen LogP contribution in [0.2, 0.25) is 0 Å². The Bertz CT molecular complexity index is 592. The molecule has 2 N–H and O–H groups in total. The molecule has 1 fully saturated rings. The third kappa shape index (κ3) is 2.01. The Balaban J connectivity index is 2.12. The van der Waals surface area contributed by atoms with Crippen LogP contribution in [-0.2, 0) is 5.41 Å². The van der Waals surface area contributed by atoms with E-state index in [1.54, 1.807) is 0 Å². The fourth-order valence-corrected chi connectivity index (χ4v) is 3.46. The molecule has 3 rings (SSSR count). The number of benzene rings is 1. The van der Waals surface area contributed by atoms with Gasteiger partial charge in [0.25, 0.3) is 0 Å². The zero-order valence-corrected chi connectivity index (χ0v) is 12.3. The molecule has 0 spiro atoms. The second-order valence-corrected chi connectivity index (χ2v) is 5.98. The lowest BCUT2D eigenvalue weighted by atomic mass is 9.78. The molecule has 0 amide bonds. The summed E-state index contributed by atoms with van der Waals surface area (Å²) in [6.45, 7) is 4.33. The van der Waals surface area contributed by atoms with Crippen LogP contribution in [0.5, 0.6) is 0 Å². The number of nitrogens with two attached hydrogens (primary N) is 1. The smallest absolute Gasteiger partial charge is 0.175 e. The summed E-state index contributed by atoms with van der Waals surface area (Å²) in [6, 6.07) is 8.44. The lowest BCUT2D eigenvalue weighted by Gasteiger charge is -2.25. The molecule has 0 bridgehead atoms. The Kier molecular flexibility index (Phi) is 3.28. The second-order valence-electron chi connectivity index (χ2n) is 5.98. The lowest BCUT2D eigenvalue weighted by Crippen LogP contribution is -2.21. The van der Waals surface area contributed by atoms with Gasteiger partial charge < -0.3 is 10.3 Å². The predicted molar refractivity (Wildman–Crippen MR) is 81.5 cm³/mol. The van der Waals surface area contributed by atoms with Crippen molar-refractivity contribution in [2.45, 2.75) is 51.4 Å². The monoisotopic (exact) mass is 270 g/mol. The van der Waals surface area contributed by atoms with E-state index in [1.165, 1.54) is 31.2 Å². The van der Waals surface area contributed by atoms with Gasteiger partial charge in [-0.15, -0.1) is 0 Å². The third-order valence-electron chi connectivity index (χ3n) is 4.78. The number of rotatable bonds is 3. The summed E-state index contributed by atoms with van der Waals surface area (Å²) < 4.78 is 5.68. The topological polar surface area (TPSA) is 52.0 Å². The van der Waals surface area contributed by atoms with Crippen LogP contribution in [0.25, 0.3) is 11.1 Å². The van der Waals surface area contributed by atoms with Gasteiger partial charge in [-0.25, -0.2) is 0 Å². The van der Waals surface area contributed by atoms with Crippen LogP contribution in [0.15, 0.2) is 28.8 Å². The van der Waals surface area contributed by atoms with E-state index in [0.717, 1.165) is 23.3 Å². The number of aryl methyl sites for hydroxylation is 1. The van der Waals surface area contributed by atoms with Crippen LogP contribution < -0.4 is 5.73 Å². The van der Waals surface area contributed by atoms with E-state index in [-0.39, 0.29) is 5.41 Å². The van der Waals surface area contributed by atoms with E-state index in [9.17, 15) is 0 Å². The van der Waals surface area contributed by atoms with Gasteiger partial charge in [0.05, 0.1) is 5.56 Å². The molecular weight excluding hydrogens is 248 g/mol. The summed E-state index contributed by atoms with van der Waals surface area (Å²) in [5.41, 5.74) is 9.59. The van der Waals surface area contributed by atoms with Gasteiger partial charge in [0.1, 0.15) is 0 Å². The molecule has 1 aromatic carbocycles. The van der Waals surface area contributed by atoms with Crippen molar-refractivity contribution in [3.8, 4) is 11.1 Å². The van der Waals surface area contributed by atoms with Crippen molar-refractivity contribution < 1.29 is 4.52 Å². The van der Waals surface area contributed by atoms with Gasteiger partial charge in [-0.05, 0) is 31.7 Å². The number of nitrogens with zero attached hydrogens (tertiary/aromatic N) is 1. The minimum atomic E-state index is 0.130. The van der Waals surface area contributed by atoms with Crippen molar-refractivity contribution in [1.82, 2.24) is 5.16 Å². The number of aromatic nitrogens is 1. The largest absolute Gasteiger partial charge is 0.380 e. The van der Waals surface area contributed by atoms with Crippen molar-refractivity contribution in [3.05, 3.63) is 35.6 Å². The molecule has 1 saturated carbocycles. The van der Waals surface area contributed by atoms with Crippen molar-refractivity contribution >= 4 is 5.82 Å². The second kappa shape index (κ2) is 4.97. The number of hydrogen-bond acceptors (Lipinski definition) is 3. The summed E-state index contributed by atoms with van der Waals surface area (Å²) in [4.78, 5) is 0. The molecule has 1 aliphatic carbocycles. The molecule has 2 aromatic rings. The summed E-state index contributed by atoms with van der Waals surface area (Å²) in [6.07, 6.45) is 5.97. The molecular formula is C17H22N2O. The van der Waals surface area contributed by atoms with Crippen molar-refractivity contribution in [1.29, 1.82) is 0 Å². The highest BCUT2D eigenvalue weighted by atomic mass is 16.5. The molecule has 0 aliphatic heterocycles. The predicted octanol–water partition coefficient (Wildman–Crippen LogP) is 4.45. The molecule has 0 saturated heterocycles. The molecule has 3 heteroatoms. The van der Waals surface area contributed by atoms with Gasteiger partial charge in [0.2, 0.25) is 0 Å². The maximum Gasteiger partial charge on any atom is 0.175 e. The summed E-state index contributed by atoms with van der Waals surface area (Å²) in [5, 5.41) is 4.06. The van der Waals surface area contributed by atoms with Crippen molar-refractivity contribution in [2.75, 3.05) is 5.73 Å². The minimum absolute atomic E-state index is 0.130. The van der Waals surface area contributed by atoms with Crippen LogP contribution in [-0.4, -0.2) is 5.16 Å². The highest BCUT2D eigenvalue weighted by molar-refractivity contribution is 5.76. The average molecular weight is 270 g/mol. The Morgan fingerprint density at radius 3 is 2.45 bits per heavy atom. The van der Waals surface area contributed by atoms with E-state index < -0.39 is 0 Å². The first-order chi connectivity index (χ1) is 9.66. The molecule has 0 radical (unpaired) electrons. The van der Waals surface area contributed by atoms with Gasteiger partial charge >= 0.3 is 0 Å². The number of nitrogen functional groups attached to an aromatic ring is 1. The molecule has 1 aromatic heterocycles. The molecule has 1 aliphatic rings. The van der Waals surface area contributed by atoms with Crippen LogP contribution in [0.4, 0.5) is 5.82 Å². The van der Waals surface area contributed by atoms with Gasteiger partial charge in [-0.2, -0.15) is 0 Å². The fourth-order valence-electron chi connectivity index (χ4n) is 3.46. The van der Waals surface area contributed by atoms with Gasteiger partial charge in [-0.1, -0.05) is 54.8 Å². The standard InChI is InChI=1S/C17H22N2O/c1-3-17(10-4-5-11-17)15-14(16(18)19-20-15)13-8-6-12(2)7-9-13/h6-9H,3-5,10-11H2,1-2H3,(H2,18,19). The molecule has 0 unspecified atom stereocenters. The van der Waals surface area contributed by atoms with E-state index in [2.05, 4.69) is 43.3 Å². The lowest BCUT2D eigenvalue weighted by molar-refractivity contribution is 0.284. The Morgan fingerprint density at radius 2 is 1.85 bits per heavy atom. The normalized spacial score (nSPS) is 17.5. The number of hydrogen-bond donors (Lipinski definition) is 1. The first-order valence-corrected chi connectivity index (χ1v) is 7.49. The van der Waals surface area contributed by atoms with Crippen LogP contribution in [0.1, 0.15) is 50.4 Å². The maximum absolute atomic E-state index is 6.09. The van der Waals surface area contributed by atoms with Gasteiger partial charge in [0, 0.05) is 5.41 Å². The molecule has 1 heterocycles. The Hall–Kier alpha value is -1.77. The third-order valence-corrected chi connectivity index (χ3v) is 4.78. The zero-order chi connectivity index (χ0) is 14.2. The SMILES string of the molecule is CCC1(c2onc(N)c2-c2ccc(C)cc2)CCCC1. The molecule has 106 valence electrons. The molecule has 0 atom stereocenters. The average Bonchev–Trinajstić information content (AvgIpc) is 3.07. The van der Waals surface area contributed by atoms with E-state index in [1.807, 2.05) is 0 Å². The van der Waals surface area contributed by atoms with E-state index >= 15 is 0 Å². The summed E-state index contributed by atoms with van der Waals surface area (Å²) in [5.74, 6) is 1.52. The van der Waals surface area contributed by atoms with Crippen LogP contribution >= 0.6 is 0 Å². The summed E-state index contributed by atoms with van der Waals surface area (Å²) >= 11 is 0. The van der Waals surface area contributed by atoms with Crippen LogP contribution in [0.3, 0.4) is 0 Å². The number of anilines is 1. The van der Waals surface area contributed by atoms with Crippen molar-refractivity contribution in [2.24, 2.45) is 0 Å². The van der Waals surface area contributed by atoms with Gasteiger partial charge in [0.15, 0.2) is 11.6 Å². The molecule has 3 nitrogen and oxygen atoms in total. The first-order valence-electron chi connectivity index (χ1n) is 7.49. The van der Waals surface area contributed by atoms with Gasteiger partial charge in [-0.3, -0.25) is 0 Å². The first kappa shape index (κ1) is 13.2. The zero-order valence-electron chi connectivity index (χ0n) is 12.3. The van der Waals surface area contributed by atoms with E-state index in [4.69, 9.17) is 10.3 Å². The highest BCUT2D eigenvalue weighted by Gasteiger charge is 2.40. The molecule has 20 heavy (non-hydrogen) atoms. The Morgan fingerprint density at radius 1 is 1.20 bits per heavy atom. The van der Waals surface area contributed by atoms with E-state index in [0.29, 0.717) is 5.82 Å². The Labute approximate surface area is 120 Å². The highest BCUT2D eigenvalue weighted by Crippen LogP contribution is 2.48. The quantitative estimate of drug-likeness (QED) is 0.896. The van der Waals surface area contributed by atoms with Crippen molar-refractivity contribution in [3.63, 3.8) is 0 Å². The minimum Gasteiger partial charge on any atom is -0.380 e. The maximum atomic E-state index is 6.09. The fraction of sp³-hybridized carbons (Fsp3) is 0.471. The van der Waals surface area contributed by atoms with Crippen LogP contribution in [0, 0.1) is 6.92 Å².